The van der Waals surface area contributed by atoms with Gasteiger partial charge in [0.05, 0.1) is 13.2 Å². The van der Waals surface area contributed by atoms with Gasteiger partial charge in [0.1, 0.15) is 0 Å². The van der Waals surface area contributed by atoms with Crippen LogP contribution in [0.2, 0.25) is 0 Å². The van der Waals surface area contributed by atoms with E-state index in [0.717, 1.165) is 0 Å². The topological polar surface area (TPSA) is 50.4 Å². The second-order valence-corrected chi connectivity index (χ2v) is 3.24. The molecule has 0 saturated carbocycles. The monoisotopic (exact) mass is 242 g/mol. The van der Waals surface area contributed by atoms with Crippen molar-refractivity contribution in [2.24, 2.45) is 0 Å². The maximum absolute atomic E-state index is 11.7. The summed E-state index contributed by atoms with van der Waals surface area (Å²) in [6, 6.07) is 0. The maximum atomic E-state index is 11.7. The van der Waals surface area contributed by atoms with Crippen LogP contribution in [0.4, 0.5) is 13.2 Å². The van der Waals surface area contributed by atoms with E-state index in [9.17, 15) is 18.0 Å². The number of alkyl halides is 3. The molecule has 0 aliphatic rings. The van der Waals surface area contributed by atoms with Crippen molar-refractivity contribution in [2.75, 3.05) is 33.4 Å². The number of carbonyl (C=O) groups excluding carboxylic acids is 1. The third-order valence-electron chi connectivity index (χ3n) is 1.73. The Morgan fingerprint density at radius 3 is 2.56 bits per heavy atom. The molecule has 2 N–H and O–H groups in total. The van der Waals surface area contributed by atoms with E-state index in [4.69, 9.17) is 4.74 Å². The highest BCUT2D eigenvalue weighted by Gasteiger charge is 2.25. The van der Waals surface area contributed by atoms with Crippen LogP contribution in [-0.4, -0.2) is 45.4 Å². The zero-order chi connectivity index (χ0) is 12.4. The van der Waals surface area contributed by atoms with E-state index >= 15 is 0 Å². The molecule has 1 amide bonds. The number of hydrogen-bond acceptors (Lipinski definition) is 3. The third-order valence-corrected chi connectivity index (χ3v) is 1.73. The standard InChI is InChI=1S/C9H17F3N2O2/c1-16-6-5-13-7-8(15)14-4-2-3-9(10,11)12/h13H,2-7H2,1H3,(H,14,15). The van der Waals surface area contributed by atoms with Gasteiger partial charge in [-0.1, -0.05) is 0 Å². The molecular weight excluding hydrogens is 225 g/mol. The molecule has 96 valence electrons. The minimum atomic E-state index is -4.15. The van der Waals surface area contributed by atoms with Gasteiger partial charge in [-0.3, -0.25) is 4.79 Å². The van der Waals surface area contributed by atoms with E-state index in [1.54, 1.807) is 7.11 Å². The van der Waals surface area contributed by atoms with E-state index in [1.807, 2.05) is 0 Å². The molecule has 0 bridgehead atoms. The average Bonchev–Trinajstić information content (AvgIpc) is 2.18. The van der Waals surface area contributed by atoms with Gasteiger partial charge in [-0.15, -0.1) is 0 Å². The molecule has 0 atom stereocenters. The molecule has 0 aromatic heterocycles. The zero-order valence-electron chi connectivity index (χ0n) is 9.19. The molecule has 0 spiro atoms. The lowest BCUT2D eigenvalue weighted by atomic mass is 10.3. The fourth-order valence-electron chi connectivity index (χ4n) is 0.955. The van der Waals surface area contributed by atoms with Gasteiger partial charge in [-0.05, 0) is 6.42 Å². The van der Waals surface area contributed by atoms with Gasteiger partial charge < -0.3 is 15.4 Å². The first-order chi connectivity index (χ1) is 7.45. The molecule has 0 rings (SSSR count). The SMILES string of the molecule is COCCNCC(=O)NCCCC(F)(F)F. The van der Waals surface area contributed by atoms with Gasteiger partial charge in [0.2, 0.25) is 5.91 Å². The van der Waals surface area contributed by atoms with E-state index in [1.165, 1.54) is 0 Å². The van der Waals surface area contributed by atoms with Crippen LogP contribution < -0.4 is 10.6 Å². The molecular formula is C9H17F3N2O2. The van der Waals surface area contributed by atoms with Crippen LogP contribution in [0, 0.1) is 0 Å². The molecule has 0 fully saturated rings. The lowest BCUT2D eigenvalue weighted by molar-refractivity contribution is -0.136. The minimum absolute atomic E-state index is 0.0459. The van der Waals surface area contributed by atoms with Crippen molar-refractivity contribution in [2.45, 2.75) is 19.0 Å². The number of methoxy groups -OCH3 is 1. The zero-order valence-corrected chi connectivity index (χ0v) is 9.19. The summed E-state index contributed by atoms with van der Waals surface area (Å²) in [5.74, 6) is -0.307. The van der Waals surface area contributed by atoms with Crippen molar-refractivity contribution < 1.29 is 22.7 Å². The molecule has 0 aliphatic heterocycles. The van der Waals surface area contributed by atoms with Gasteiger partial charge in [0, 0.05) is 26.6 Å². The van der Waals surface area contributed by atoms with Crippen LogP contribution in [0.1, 0.15) is 12.8 Å². The van der Waals surface area contributed by atoms with E-state index < -0.39 is 12.6 Å². The fraction of sp³-hybridized carbons (Fsp3) is 0.889. The maximum Gasteiger partial charge on any atom is 0.389 e. The summed E-state index contributed by atoms with van der Waals surface area (Å²) >= 11 is 0. The van der Waals surface area contributed by atoms with Gasteiger partial charge in [0.25, 0.3) is 0 Å². The highest BCUT2D eigenvalue weighted by molar-refractivity contribution is 5.77. The first-order valence-corrected chi connectivity index (χ1v) is 4.99. The fourth-order valence-corrected chi connectivity index (χ4v) is 0.955. The number of nitrogens with one attached hydrogen (secondary N) is 2. The quantitative estimate of drug-likeness (QED) is 0.615. The van der Waals surface area contributed by atoms with Crippen LogP contribution >= 0.6 is 0 Å². The summed E-state index contributed by atoms with van der Waals surface area (Å²) in [7, 11) is 1.54. The number of halogens is 3. The largest absolute Gasteiger partial charge is 0.389 e. The number of rotatable bonds is 8. The summed E-state index contributed by atoms with van der Waals surface area (Å²) < 4.78 is 39.9. The Kier molecular flexibility index (Phi) is 7.92. The van der Waals surface area contributed by atoms with Crippen molar-refractivity contribution in [1.29, 1.82) is 0 Å². The summed E-state index contributed by atoms with van der Waals surface area (Å²) in [4.78, 5) is 11.0. The molecule has 0 aliphatic carbocycles. The van der Waals surface area contributed by atoms with Crippen molar-refractivity contribution in [3.63, 3.8) is 0 Å². The van der Waals surface area contributed by atoms with Crippen LogP contribution in [0.3, 0.4) is 0 Å². The summed E-state index contributed by atoms with van der Waals surface area (Å²) in [5.41, 5.74) is 0. The molecule has 0 saturated heterocycles. The summed E-state index contributed by atoms with van der Waals surface area (Å²) in [5, 5.41) is 5.17. The third kappa shape index (κ3) is 11.3. The first kappa shape index (κ1) is 15.2. The lowest BCUT2D eigenvalue weighted by Crippen LogP contribution is -2.35. The van der Waals surface area contributed by atoms with Crippen molar-refractivity contribution >= 4 is 5.91 Å². The number of carbonyl (C=O) groups is 1. The predicted octanol–water partition coefficient (Wildman–Crippen LogP) is 0.681. The Hall–Kier alpha value is -0.820. The Morgan fingerprint density at radius 2 is 2.00 bits per heavy atom. The van der Waals surface area contributed by atoms with Crippen LogP contribution in [0.5, 0.6) is 0 Å². The Morgan fingerprint density at radius 1 is 1.31 bits per heavy atom. The van der Waals surface area contributed by atoms with E-state index in [2.05, 4.69) is 10.6 Å². The molecule has 16 heavy (non-hydrogen) atoms. The minimum Gasteiger partial charge on any atom is -0.383 e. The van der Waals surface area contributed by atoms with Gasteiger partial charge in [-0.25, -0.2) is 0 Å². The normalized spacial score (nSPS) is 11.5. The second-order valence-electron chi connectivity index (χ2n) is 3.24. The molecule has 7 heteroatoms. The molecule has 4 nitrogen and oxygen atoms in total. The first-order valence-electron chi connectivity index (χ1n) is 4.99. The highest BCUT2D eigenvalue weighted by atomic mass is 19.4. The molecule has 0 unspecified atom stereocenters. The molecule has 0 radical (unpaired) electrons. The van der Waals surface area contributed by atoms with Crippen molar-refractivity contribution in [1.82, 2.24) is 10.6 Å². The Bertz CT molecular complexity index is 198. The van der Waals surface area contributed by atoms with E-state index in [-0.39, 0.29) is 25.4 Å². The van der Waals surface area contributed by atoms with Crippen LogP contribution in [-0.2, 0) is 9.53 Å². The van der Waals surface area contributed by atoms with Crippen LogP contribution in [0.25, 0.3) is 0 Å². The Labute approximate surface area is 92.5 Å². The number of hydrogen-bond donors (Lipinski definition) is 2. The van der Waals surface area contributed by atoms with Gasteiger partial charge in [0.15, 0.2) is 0 Å². The number of ether oxygens (including phenoxy) is 1. The van der Waals surface area contributed by atoms with Gasteiger partial charge in [-0.2, -0.15) is 13.2 Å². The van der Waals surface area contributed by atoms with Crippen molar-refractivity contribution in [3.8, 4) is 0 Å². The van der Waals surface area contributed by atoms with E-state index in [0.29, 0.717) is 13.2 Å². The smallest absolute Gasteiger partial charge is 0.383 e. The molecule has 0 heterocycles. The lowest BCUT2D eigenvalue weighted by Gasteiger charge is -2.08. The molecule has 0 aromatic carbocycles. The predicted molar refractivity (Wildman–Crippen MR) is 53.0 cm³/mol. The highest BCUT2D eigenvalue weighted by Crippen LogP contribution is 2.20. The van der Waals surface area contributed by atoms with Gasteiger partial charge >= 0.3 is 6.18 Å². The summed E-state index contributed by atoms with van der Waals surface area (Å²) in [6.45, 7) is 1.16. The van der Waals surface area contributed by atoms with Crippen molar-refractivity contribution in [3.05, 3.63) is 0 Å². The molecule has 0 aromatic rings. The second kappa shape index (κ2) is 8.35. The average molecular weight is 242 g/mol. The Balaban J connectivity index is 3.31. The summed E-state index contributed by atoms with van der Waals surface area (Å²) in [6.07, 6.45) is -5.11. The van der Waals surface area contributed by atoms with Crippen LogP contribution in [0.15, 0.2) is 0 Å². The number of amides is 1.